The standard InChI is InChI=1S/3C10H8N2.Eu/c3*1-3-7-11-9(5-1)10-6-2-4-8-12-10;/h3*1-8H;/q;;;+2. The van der Waals surface area contributed by atoms with E-state index in [2.05, 4.69) is 29.9 Å². The predicted molar refractivity (Wildman–Crippen MR) is 142 cm³/mol. The Balaban J connectivity index is 0.000000152. The molecule has 0 aliphatic carbocycles. The van der Waals surface area contributed by atoms with Crippen LogP contribution in [0.4, 0.5) is 0 Å². The molecule has 6 heterocycles. The Bertz CT molecular complexity index is 1100. The number of rotatable bonds is 3. The molecule has 0 fully saturated rings. The summed E-state index contributed by atoms with van der Waals surface area (Å²) in [6.45, 7) is 0. The molecule has 0 aliphatic rings. The van der Waals surface area contributed by atoms with Gasteiger partial charge in [0.15, 0.2) is 0 Å². The van der Waals surface area contributed by atoms with Crippen LogP contribution in [-0.4, -0.2) is 29.9 Å². The maximum absolute atomic E-state index is 4.19. The molecule has 0 bridgehead atoms. The maximum Gasteiger partial charge on any atom is 2.00 e. The molecule has 0 amide bonds. The summed E-state index contributed by atoms with van der Waals surface area (Å²) in [5.41, 5.74) is 5.49. The monoisotopic (exact) mass is 621 g/mol. The average Bonchev–Trinajstić information content (AvgIpc) is 3.01. The Morgan fingerprint density at radius 3 is 0.514 bits per heavy atom. The summed E-state index contributed by atoms with van der Waals surface area (Å²) in [6.07, 6.45) is 10.6. The van der Waals surface area contributed by atoms with Crippen molar-refractivity contribution in [3.05, 3.63) is 146 Å². The second kappa shape index (κ2) is 16.3. The third-order valence-electron chi connectivity index (χ3n) is 4.78. The molecular weight excluding hydrogens is 596 g/mol. The van der Waals surface area contributed by atoms with Crippen LogP contribution >= 0.6 is 0 Å². The molecule has 37 heavy (non-hydrogen) atoms. The van der Waals surface area contributed by atoms with Crippen molar-refractivity contribution < 1.29 is 49.4 Å². The zero-order valence-corrected chi connectivity index (χ0v) is 22.3. The topological polar surface area (TPSA) is 77.3 Å². The van der Waals surface area contributed by atoms with E-state index in [1.165, 1.54) is 0 Å². The molecule has 6 aromatic rings. The maximum atomic E-state index is 4.19. The molecule has 0 N–H and O–H groups in total. The molecule has 179 valence electrons. The Morgan fingerprint density at radius 2 is 0.405 bits per heavy atom. The van der Waals surface area contributed by atoms with E-state index in [4.69, 9.17) is 0 Å². The van der Waals surface area contributed by atoms with E-state index in [1.54, 1.807) is 37.2 Å². The second-order valence-electron chi connectivity index (χ2n) is 7.29. The van der Waals surface area contributed by atoms with Gasteiger partial charge in [-0.2, -0.15) is 0 Å². The van der Waals surface area contributed by atoms with Crippen LogP contribution in [0.15, 0.2) is 146 Å². The van der Waals surface area contributed by atoms with Crippen LogP contribution in [0.2, 0.25) is 0 Å². The number of hydrogen-bond donors (Lipinski definition) is 0. The molecule has 6 rings (SSSR count). The van der Waals surface area contributed by atoms with Gasteiger partial charge in [-0.3, -0.25) is 29.9 Å². The first-order chi connectivity index (χ1) is 17.9. The normalized spacial score (nSPS) is 9.41. The number of pyridine rings is 6. The van der Waals surface area contributed by atoms with E-state index in [1.807, 2.05) is 109 Å². The van der Waals surface area contributed by atoms with E-state index < -0.39 is 0 Å². The third-order valence-corrected chi connectivity index (χ3v) is 4.78. The van der Waals surface area contributed by atoms with E-state index in [0.717, 1.165) is 34.2 Å². The summed E-state index contributed by atoms with van der Waals surface area (Å²) in [4.78, 5) is 25.1. The van der Waals surface area contributed by atoms with Crippen LogP contribution in [0.1, 0.15) is 0 Å². The van der Waals surface area contributed by atoms with Crippen LogP contribution in [-0.2, 0) is 0 Å². The number of nitrogens with zero attached hydrogens (tertiary/aromatic N) is 6. The van der Waals surface area contributed by atoms with Crippen molar-refractivity contribution in [3.8, 4) is 34.2 Å². The largest absolute Gasteiger partial charge is 2.00 e. The Labute approximate surface area is 257 Å². The summed E-state index contributed by atoms with van der Waals surface area (Å²) in [7, 11) is 0. The van der Waals surface area contributed by atoms with Crippen LogP contribution in [0, 0.1) is 49.4 Å². The molecule has 6 aromatic heterocycles. The van der Waals surface area contributed by atoms with Crippen LogP contribution in [0.3, 0.4) is 0 Å². The Hall–Kier alpha value is -3.52. The minimum absolute atomic E-state index is 0. The SMILES string of the molecule is [Eu+2].c1ccc(-c2ccccn2)nc1.c1ccc(-c2ccccn2)nc1.c1ccc(-c2ccccn2)nc1. The first-order valence-corrected chi connectivity index (χ1v) is 11.4. The number of hydrogen-bond acceptors (Lipinski definition) is 6. The fourth-order valence-electron chi connectivity index (χ4n) is 3.09. The fraction of sp³-hybridized carbons (Fsp3) is 0. The van der Waals surface area contributed by atoms with Gasteiger partial charge >= 0.3 is 49.4 Å². The van der Waals surface area contributed by atoms with Crippen molar-refractivity contribution in [1.82, 2.24) is 29.9 Å². The molecule has 1 radical (unpaired) electrons. The minimum atomic E-state index is 0. The van der Waals surface area contributed by atoms with Crippen LogP contribution < -0.4 is 0 Å². The van der Waals surface area contributed by atoms with E-state index >= 15 is 0 Å². The summed E-state index contributed by atoms with van der Waals surface area (Å²) in [6, 6.07) is 34.8. The van der Waals surface area contributed by atoms with Crippen molar-refractivity contribution in [1.29, 1.82) is 0 Å². The zero-order chi connectivity index (χ0) is 24.7. The van der Waals surface area contributed by atoms with Gasteiger partial charge in [0.25, 0.3) is 0 Å². The van der Waals surface area contributed by atoms with Crippen molar-refractivity contribution >= 4 is 0 Å². The van der Waals surface area contributed by atoms with Gasteiger partial charge in [-0.05, 0) is 72.8 Å². The quantitative estimate of drug-likeness (QED) is 0.227. The minimum Gasteiger partial charge on any atom is -0.255 e. The van der Waals surface area contributed by atoms with Crippen molar-refractivity contribution in [2.75, 3.05) is 0 Å². The van der Waals surface area contributed by atoms with Gasteiger partial charge in [0.2, 0.25) is 0 Å². The molecule has 0 unspecified atom stereocenters. The average molecular weight is 621 g/mol. The van der Waals surface area contributed by atoms with Gasteiger partial charge in [0, 0.05) is 37.2 Å². The molecule has 7 heteroatoms. The van der Waals surface area contributed by atoms with Gasteiger partial charge in [-0.15, -0.1) is 0 Å². The summed E-state index contributed by atoms with van der Waals surface area (Å²) >= 11 is 0. The smallest absolute Gasteiger partial charge is 0.255 e. The first kappa shape index (κ1) is 28.1. The van der Waals surface area contributed by atoms with Crippen LogP contribution in [0.5, 0.6) is 0 Å². The van der Waals surface area contributed by atoms with E-state index in [0.29, 0.717) is 0 Å². The number of aromatic nitrogens is 6. The summed E-state index contributed by atoms with van der Waals surface area (Å²) in [5, 5.41) is 0. The van der Waals surface area contributed by atoms with E-state index in [-0.39, 0.29) is 49.4 Å². The van der Waals surface area contributed by atoms with Gasteiger partial charge < -0.3 is 0 Å². The van der Waals surface area contributed by atoms with Crippen molar-refractivity contribution in [2.24, 2.45) is 0 Å². The molecule has 6 nitrogen and oxygen atoms in total. The van der Waals surface area contributed by atoms with Gasteiger partial charge in [0.1, 0.15) is 0 Å². The molecule has 0 spiro atoms. The molecular formula is C30H24EuN6+2. The van der Waals surface area contributed by atoms with Crippen molar-refractivity contribution in [2.45, 2.75) is 0 Å². The Morgan fingerprint density at radius 1 is 0.243 bits per heavy atom. The zero-order valence-electron chi connectivity index (χ0n) is 19.9. The Kier molecular flexibility index (Phi) is 12.3. The molecule has 0 saturated heterocycles. The summed E-state index contributed by atoms with van der Waals surface area (Å²) in [5.74, 6) is 0. The van der Waals surface area contributed by atoms with Crippen LogP contribution in [0.25, 0.3) is 34.2 Å². The first-order valence-electron chi connectivity index (χ1n) is 11.4. The summed E-state index contributed by atoms with van der Waals surface area (Å²) < 4.78 is 0. The fourth-order valence-corrected chi connectivity index (χ4v) is 3.09. The second-order valence-corrected chi connectivity index (χ2v) is 7.29. The van der Waals surface area contributed by atoms with Gasteiger partial charge in [-0.25, -0.2) is 0 Å². The van der Waals surface area contributed by atoms with Gasteiger partial charge in [0.05, 0.1) is 34.2 Å². The van der Waals surface area contributed by atoms with Gasteiger partial charge in [-0.1, -0.05) is 36.4 Å². The predicted octanol–water partition coefficient (Wildman–Crippen LogP) is 6.43. The molecule has 0 aromatic carbocycles. The molecule has 0 atom stereocenters. The van der Waals surface area contributed by atoms with E-state index in [9.17, 15) is 0 Å². The third kappa shape index (κ3) is 9.46. The molecule has 0 aliphatic heterocycles. The van der Waals surface area contributed by atoms with Crippen molar-refractivity contribution in [3.63, 3.8) is 0 Å². The molecule has 0 saturated carbocycles.